The summed E-state index contributed by atoms with van der Waals surface area (Å²) in [4.78, 5) is 2.55. The lowest BCUT2D eigenvalue weighted by molar-refractivity contribution is 0.367. The molecular weight excluding hydrogens is 508 g/mol. The molecule has 0 bridgehead atoms. The third-order valence-electron chi connectivity index (χ3n) is 4.55. The first kappa shape index (κ1) is 21.6. The van der Waals surface area contributed by atoms with Crippen molar-refractivity contribution >= 4 is 47.8 Å². The van der Waals surface area contributed by atoms with Crippen molar-refractivity contribution in [2.24, 2.45) is 0 Å². The largest absolute Gasteiger partial charge is 0.317 e. The first-order valence-electron chi connectivity index (χ1n) is 9.24. The topological polar surface area (TPSA) is 15.3 Å². The lowest BCUT2D eigenvalue weighted by Crippen LogP contribution is -2.21. The lowest BCUT2D eigenvalue weighted by Gasteiger charge is -2.14. The number of hydrogen-bond donors (Lipinski definition) is 1. The highest BCUT2D eigenvalue weighted by Gasteiger charge is 2.14. The van der Waals surface area contributed by atoms with Gasteiger partial charge in [-0.05, 0) is 60.8 Å². The highest BCUT2D eigenvalue weighted by molar-refractivity contribution is 9.12. The first-order valence-corrected chi connectivity index (χ1v) is 12.0. The monoisotopic (exact) mass is 534 g/mol. The van der Waals surface area contributed by atoms with Gasteiger partial charge in [0.05, 0.1) is 0 Å². The van der Waals surface area contributed by atoms with E-state index in [-0.39, 0.29) is 0 Å². The van der Waals surface area contributed by atoms with Gasteiger partial charge in [-0.15, -0.1) is 0 Å². The molecule has 2 nitrogen and oxygen atoms in total. The van der Waals surface area contributed by atoms with Crippen LogP contribution in [0.15, 0.2) is 44.4 Å². The molecule has 5 heteroatoms. The van der Waals surface area contributed by atoms with Crippen LogP contribution in [0.25, 0.3) is 0 Å². The minimum Gasteiger partial charge on any atom is -0.317 e. The average molecular weight is 537 g/mol. The van der Waals surface area contributed by atoms with Crippen LogP contribution in [0.4, 0.5) is 0 Å². The molecule has 0 atom stereocenters. The van der Waals surface area contributed by atoms with E-state index in [1.807, 2.05) is 0 Å². The van der Waals surface area contributed by atoms with Crippen molar-refractivity contribution in [1.29, 1.82) is 0 Å². The second-order valence-electron chi connectivity index (χ2n) is 6.80. The molecule has 1 N–H and O–H groups in total. The Morgan fingerprint density at radius 1 is 0.800 bits per heavy atom. The van der Waals surface area contributed by atoms with Gasteiger partial charge in [0.1, 0.15) is 0 Å². The number of likely N-dealkylation sites (tertiary alicyclic amines) is 1. The van der Waals surface area contributed by atoms with Crippen molar-refractivity contribution < 1.29 is 0 Å². The zero-order chi connectivity index (χ0) is 17.9. The highest BCUT2D eigenvalue weighted by atomic mass is 79.9. The summed E-state index contributed by atoms with van der Waals surface area (Å²) in [6.45, 7) is 6.29. The summed E-state index contributed by atoms with van der Waals surface area (Å²) in [7, 11) is 0. The summed E-state index contributed by atoms with van der Waals surface area (Å²) >= 11 is 10.3. The minimum atomic E-state index is 0.999. The molecule has 0 amide bonds. The van der Waals surface area contributed by atoms with Crippen LogP contribution < -0.4 is 5.32 Å². The molecule has 4 rings (SSSR count). The van der Waals surface area contributed by atoms with Gasteiger partial charge in [0.25, 0.3) is 0 Å². The molecule has 2 heterocycles. The van der Waals surface area contributed by atoms with Crippen LogP contribution in [0, 0.1) is 0 Å². The van der Waals surface area contributed by atoms with E-state index in [0.717, 1.165) is 18.2 Å². The second kappa shape index (κ2) is 12.7. The van der Waals surface area contributed by atoms with Crippen molar-refractivity contribution in [2.45, 2.75) is 38.5 Å². The normalized spacial score (nSPS) is 22.4. The summed E-state index contributed by atoms with van der Waals surface area (Å²) in [5, 5.41) is 4.22. The van der Waals surface area contributed by atoms with Crippen molar-refractivity contribution in [3.63, 3.8) is 0 Å². The fourth-order valence-electron chi connectivity index (χ4n) is 3.14. The summed E-state index contributed by atoms with van der Waals surface area (Å²) < 4.78 is 2.61. The molecule has 0 unspecified atom stereocenters. The second-order valence-corrected chi connectivity index (χ2v) is 9.40. The molecule has 25 heavy (non-hydrogen) atoms. The zero-order valence-electron chi connectivity index (χ0n) is 14.9. The van der Waals surface area contributed by atoms with Crippen LogP contribution in [0.3, 0.4) is 0 Å². The maximum absolute atomic E-state index is 3.52. The molecule has 0 saturated carbocycles. The molecule has 2 aliphatic heterocycles. The van der Waals surface area contributed by atoms with Gasteiger partial charge in [0, 0.05) is 24.7 Å². The predicted molar refractivity (Wildman–Crippen MR) is 121 cm³/mol. The maximum Gasteiger partial charge on any atom is 0.0248 e. The number of alkyl halides is 1. The van der Waals surface area contributed by atoms with Crippen LogP contribution in [0.2, 0.25) is 0 Å². The van der Waals surface area contributed by atoms with Crippen molar-refractivity contribution in [3.05, 3.63) is 44.4 Å². The van der Waals surface area contributed by atoms with Gasteiger partial charge in [0.15, 0.2) is 0 Å². The lowest BCUT2D eigenvalue weighted by atomic mass is 10.2. The molecular formula is C20H29Br3N2. The minimum absolute atomic E-state index is 0.999. The van der Waals surface area contributed by atoms with E-state index in [2.05, 4.69) is 82.3 Å². The van der Waals surface area contributed by atoms with E-state index in [0.29, 0.717) is 0 Å². The zero-order valence-corrected chi connectivity index (χ0v) is 19.6. The molecule has 2 saturated heterocycles. The Hall–Kier alpha value is 0.320. The van der Waals surface area contributed by atoms with Gasteiger partial charge in [-0.1, -0.05) is 83.2 Å². The first-order chi connectivity index (χ1) is 12.2. The quantitative estimate of drug-likeness (QED) is 0.442. The number of hydrogen-bond acceptors (Lipinski definition) is 2. The number of nitrogens with one attached hydrogen (secondary N) is 1. The SMILES string of the molecule is BrC1=CC=C(CN2CCCC2)C1.BrCC1=CC=C(Br)C1.C1CCNC1. The Bertz CT molecular complexity index is 517. The van der Waals surface area contributed by atoms with E-state index in [4.69, 9.17) is 0 Å². The molecule has 2 aliphatic carbocycles. The highest BCUT2D eigenvalue weighted by Crippen LogP contribution is 2.25. The van der Waals surface area contributed by atoms with E-state index in [1.165, 1.54) is 72.9 Å². The Morgan fingerprint density at radius 2 is 1.36 bits per heavy atom. The van der Waals surface area contributed by atoms with E-state index in [1.54, 1.807) is 5.57 Å². The van der Waals surface area contributed by atoms with Crippen LogP contribution in [-0.2, 0) is 0 Å². The smallest absolute Gasteiger partial charge is 0.0248 e. The number of halogens is 3. The number of allylic oxidation sites excluding steroid dienone is 7. The molecule has 0 aromatic rings. The maximum atomic E-state index is 3.52. The molecule has 0 radical (unpaired) electrons. The Kier molecular flexibility index (Phi) is 10.9. The van der Waals surface area contributed by atoms with Crippen LogP contribution >= 0.6 is 47.8 Å². The van der Waals surface area contributed by atoms with Gasteiger partial charge in [-0.3, -0.25) is 4.90 Å². The fraction of sp³-hybridized carbons (Fsp3) is 0.600. The molecule has 0 aromatic carbocycles. The van der Waals surface area contributed by atoms with Crippen molar-refractivity contribution in [3.8, 4) is 0 Å². The molecule has 2 fully saturated rings. The Labute approximate surface area is 178 Å². The molecule has 4 aliphatic rings. The third kappa shape index (κ3) is 9.18. The van der Waals surface area contributed by atoms with Crippen LogP contribution in [0.5, 0.6) is 0 Å². The van der Waals surface area contributed by atoms with Gasteiger partial charge >= 0.3 is 0 Å². The van der Waals surface area contributed by atoms with Crippen LogP contribution in [-0.4, -0.2) is 43.0 Å². The number of rotatable bonds is 3. The standard InChI is InChI=1S/C10H14BrN.C6H6Br2.C4H9N/c11-10-4-3-9(7-10)8-12-5-1-2-6-12;7-4-5-1-2-6(8)3-5;1-2-4-5-3-1/h3-4H,1-2,5-8H2;1-2H,3-4H2;5H,1-4H2. The molecule has 140 valence electrons. The number of nitrogens with zero attached hydrogens (tertiary/aromatic N) is 1. The third-order valence-corrected chi connectivity index (χ3v) is 6.36. The Morgan fingerprint density at radius 3 is 1.72 bits per heavy atom. The average Bonchev–Trinajstić information content (AvgIpc) is 3.38. The van der Waals surface area contributed by atoms with Crippen molar-refractivity contribution in [1.82, 2.24) is 10.2 Å². The van der Waals surface area contributed by atoms with E-state index in [9.17, 15) is 0 Å². The van der Waals surface area contributed by atoms with E-state index >= 15 is 0 Å². The van der Waals surface area contributed by atoms with Gasteiger partial charge in [-0.2, -0.15) is 0 Å². The summed E-state index contributed by atoms with van der Waals surface area (Å²) in [6.07, 6.45) is 16.4. The van der Waals surface area contributed by atoms with Gasteiger partial charge in [0.2, 0.25) is 0 Å². The molecule has 0 aromatic heterocycles. The summed E-state index contributed by atoms with van der Waals surface area (Å²) in [6, 6.07) is 0. The summed E-state index contributed by atoms with van der Waals surface area (Å²) in [5.74, 6) is 0. The van der Waals surface area contributed by atoms with Crippen molar-refractivity contribution in [2.75, 3.05) is 38.1 Å². The van der Waals surface area contributed by atoms with Crippen LogP contribution in [0.1, 0.15) is 38.5 Å². The van der Waals surface area contributed by atoms with Gasteiger partial charge in [-0.25, -0.2) is 0 Å². The van der Waals surface area contributed by atoms with Gasteiger partial charge < -0.3 is 5.32 Å². The molecule has 0 spiro atoms. The predicted octanol–water partition coefficient (Wildman–Crippen LogP) is 6.05. The fourth-order valence-corrected chi connectivity index (χ4v) is 4.51. The summed E-state index contributed by atoms with van der Waals surface area (Å²) in [5.41, 5.74) is 3.00. The Balaban J connectivity index is 0.000000149. The van der Waals surface area contributed by atoms with E-state index < -0.39 is 0 Å².